The van der Waals surface area contributed by atoms with Gasteiger partial charge in [0, 0.05) is 25.2 Å². The highest BCUT2D eigenvalue weighted by molar-refractivity contribution is 5.97. The van der Waals surface area contributed by atoms with Crippen molar-refractivity contribution in [3.05, 3.63) is 27.7 Å². The van der Waals surface area contributed by atoms with Crippen LogP contribution in [0.15, 0.2) is 10.9 Å². The Hall–Kier alpha value is -2.84. The average molecular weight is 375 g/mol. The zero-order valence-corrected chi connectivity index (χ0v) is 16.0. The summed E-state index contributed by atoms with van der Waals surface area (Å²) in [6.45, 7) is 8.41. The second-order valence-corrected chi connectivity index (χ2v) is 8.06. The first-order chi connectivity index (χ1) is 12.6. The van der Waals surface area contributed by atoms with Crippen molar-refractivity contribution in [2.24, 2.45) is 5.41 Å². The number of rotatable bonds is 5. The summed E-state index contributed by atoms with van der Waals surface area (Å²) in [6, 6.07) is 1.48. The molecule has 2 aromatic heterocycles. The van der Waals surface area contributed by atoms with Crippen molar-refractivity contribution in [3.8, 4) is 5.88 Å². The molecular weight excluding hydrogens is 350 g/mol. The van der Waals surface area contributed by atoms with Crippen LogP contribution < -0.4 is 16.2 Å². The van der Waals surface area contributed by atoms with Gasteiger partial charge in [-0.15, -0.1) is 0 Å². The maximum absolute atomic E-state index is 12.8. The second-order valence-electron chi connectivity index (χ2n) is 8.06. The van der Waals surface area contributed by atoms with Gasteiger partial charge < -0.3 is 15.7 Å². The number of carbonyl (C=O) groups excluding carboxylic acids is 2. The van der Waals surface area contributed by atoms with Gasteiger partial charge in [0.15, 0.2) is 11.3 Å². The Labute approximate surface area is 156 Å². The van der Waals surface area contributed by atoms with Gasteiger partial charge in [-0.25, -0.2) is 0 Å². The number of amides is 2. The zero-order valence-electron chi connectivity index (χ0n) is 16.0. The van der Waals surface area contributed by atoms with E-state index >= 15 is 0 Å². The Kier molecular flexibility index (Phi) is 4.71. The lowest BCUT2D eigenvalue weighted by Gasteiger charge is -2.23. The van der Waals surface area contributed by atoms with Crippen molar-refractivity contribution in [1.29, 1.82) is 0 Å². The van der Waals surface area contributed by atoms with E-state index in [9.17, 15) is 19.5 Å². The number of fused-ring (bicyclic) bond motifs is 1. The van der Waals surface area contributed by atoms with E-state index in [0.29, 0.717) is 13.1 Å². The Balaban J connectivity index is 2.21. The van der Waals surface area contributed by atoms with E-state index in [1.807, 2.05) is 20.8 Å². The minimum atomic E-state index is -0.749. The molecule has 1 aliphatic carbocycles. The van der Waals surface area contributed by atoms with Crippen LogP contribution in [0, 0.1) is 5.41 Å². The van der Waals surface area contributed by atoms with Gasteiger partial charge in [-0.05, 0) is 25.2 Å². The predicted octanol–water partition coefficient (Wildman–Crippen LogP) is 0.890. The SMILES string of the molecule is CCNC(=O)c1cc2n(CC(C)(C)C)c(O)c(C(=O)NC3CC3)c(=O)n2n1. The van der Waals surface area contributed by atoms with Gasteiger partial charge in [0.1, 0.15) is 5.65 Å². The van der Waals surface area contributed by atoms with Gasteiger partial charge in [-0.1, -0.05) is 20.8 Å². The third kappa shape index (κ3) is 3.81. The number of hydrogen-bond acceptors (Lipinski definition) is 5. The standard InChI is InChI=1S/C18H25N5O4/c1-5-19-14(24)11-8-12-22(9-18(2,3)4)16(26)13(17(27)23(12)21-11)15(25)20-10-6-7-10/h8,10,26H,5-7,9H2,1-4H3,(H,19,24)(H,20,25). The number of aromatic nitrogens is 3. The fourth-order valence-corrected chi connectivity index (χ4v) is 2.83. The molecule has 3 N–H and O–H groups in total. The van der Waals surface area contributed by atoms with Gasteiger partial charge in [-0.3, -0.25) is 19.0 Å². The van der Waals surface area contributed by atoms with E-state index in [2.05, 4.69) is 15.7 Å². The van der Waals surface area contributed by atoms with Gasteiger partial charge in [-0.2, -0.15) is 9.61 Å². The zero-order chi connectivity index (χ0) is 19.9. The molecule has 0 radical (unpaired) electrons. The lowest BCUT2D eigenvalue weighted by Crippen LogP contribution is -2.35. The maximum Gasteiger partial charge on any atom is 0.291 e. The molecule has 0 bridgehead atoms. The maximum atomic E-state index is 12.8. The molecule has 2 amide bonds. The molecule has 0 aliphatic heterocycles. The molecule has 9 nitrogen and oxygen atoms in total. The van der Waals surface area contributed by atoms with Crippen molar-refractivity contribution in [3.63, 3.8) is 0 Å². The second kappa shape index (κ2) is 6.71. The van der Waals surface area contributed by atoms with Crippen LogP contribution in [-0.2, 0) is 6.54 Å². The monoisotopic (exact) mass is 375 g/mol. The van der Waals surface area contributed by atoms with Crippen molar-refractivity contribution in [1.82, 2.24) is 24.8 Å². The smallest absolute Gasteiger partial charge is 0.291 e. The number of nitrogens with zero attached hydrogens (tertiary/aromatic N) is 3. The first kappa shape index (κ1) is 18.9. The summed E-state index contributed by atoms with van der Waals surface area (Å²) < 4.78 is 2.47. The van der Waals surface area contributed by atoms with E-state index in [0.717, 1.165) is 17.4 Å². The molecular formula is C18H25N5O4. The van der Waals surface area contributed by atoms with Crippen LogP contribution in [0.2, 0.25) is 0 Å². The molecule has 146 valence electrons. The molecule has 0 aromatic carbocycles. The van der Waals surface area contributed by atoms with E-state index in [4.69, 9.17) is 0 Å². The fourth-order valence-electron chi connectivity index (χ4n) is 2.83. The predicted molar refractivity (Wildman–Crippen MR) is 99.1 cm³/mol. The van der Waals surface area contributed by atoms with Gasteiger partial charge in [0.25, 0.3) is 17.4 Å². The summed E-state index contributed by atoms with van der Waals surface area (Å²) >= 11 is 0. The highest BCUT2D eigenvalue weighted by Gasteiger charge is 2.30. The first-order valence-electron chi connectivity index (χ1n) is 9.07. The van der Waals surface area contributed by atoms with Gasteiger partial charge >= 0.3 is 0 Å². The lowest BCUT2D eigenvalue weighted by atomic mass is 9.96. The molecule has 9 heteroatoms. The van der Waals surface area contributed by atoms with Crippen LogP contribution in [-0.4, -0.2) is 43.7 Å². The quantitative estimate of drug-likeness (QED) is 0.717. The summed E-state index contributed by atoms with van der Waals surface area (Å²) in [6.07, 6.45) is 1.71. The molecule has 1 aliphatic rings. The lowest BCUT2D eigenvalue weighted by molar-refractivity contribution is 0.0939. The third-order valence-corrected chi connectivity index (χ3v) is 4.19. The number of nitrogens with one attached hydrogen (secondary N) is 2. The van der Waals surface area contributed by atoms with E-state index < -0.39 is 23.3 Å². The topological polar surface area (TPSA) is 118 Å². The van der Waals surface area contributed by atoms with Crippen molar-refractivity contribution >= 4 is 17.5 Å². The van der Waals surface area contributed by atoms with Crippen molar-refractivity contribution in [2.45, 2.75) is 53.1 Å². The largest absolute Gasteiger partial charge is 0.494 e. The van der Waals surface area contributed by atoms with E-state index in [-0.39, 0.29) is 28.4 Å². The molecule has 27 heavy (non-hydrogen) atoms. The summed E-state index contributed by atoms with van der Waals surface area (Å²) in [7, 11) is 0. The van der Waals surface area contributed by atoms with E-state index in [1.54, 1.807) is 6.92 Å². The van der Waals surface area contributed by atoms with Crippen LogP contribution in [0.5, 0.6) is 5.88 Å². The van der Waals surface area contributed by atoms with Crippen LogP contribution in [0.25, 0.3) is 5.65 Å². The Bertz CT molecular complexity index is 963. The molecule has 0 saturated heterocycles. The first-order valence-corrected chi connectivity index (χ1v) is 9.07. The number of hydrogen-bond donors (Lipinski definition) is 3. The summed E-state index contributed by atoms with van der Waals surface area (Å²) in [4.78, 5) is 37.5. The fraction of sp³-hybridized carbons (Fsp3) is 0.556. The number of aromatic hydroxyl groups is 1. The van der Waals surface area contributed by atoms with Crippen molar-refractivity contribution < 1.29 is 14.7 Å². The molecule has 1 fully saturated rings. The van der Waals surface area contributed by atoms with Crippen LogP contribution >= 0.6 is 0 Å². The highest BCUT2D eigenvalue weighted by atomic mass is 16.3. The van der Waals surface area contributed by atoms with Crippen molar-refractivity contribution in [2.75, 3.05) is 6.54 Å². The van der Waals surface area contributed by atoms with E-state index in [1.165, 1.54) is 10.6 Å². The molecule has 0 unspecified atom stereocenters. The minimum absolute atomic E-state index is 0.0339. The Morgan fingerprint density at radius 3 is 2.52 bits per heavy atom. The molecule has 0 spiro atoms. The Morgan fingerprint density at radius 2 is 1.96 bits per heavy atom. The third-order valence-electron chi connectivity index (χ3n) is 4.19. The summed E-state index contributed by atoms with van der Waals surface area (Å²) in [5, 5.41) is 20.2. The molecule has 1 saturated carbocycles. The molecule has 3 rings (SSSR count). The average Bonchev–Trinajstić information content (AvgIpc) is 3.24. The summed E-state index contributed by atoms with van der Waals surface area (Å²) in [5.41, 5.74) is -1.05. The highest BCUT2D eigenvalue weighted by Crippen LogP contribution is 2.26. The van der Waals surface area contributed by atoms with Crippen LogP contribution in [0.4, 0.5) is 0 Å². The molecule has 0 atom stereocenters. The van der Waals surface area contributed by atoms with Gasteiger partial charge in [0.05, 0.1) is 0 Å². The van der Waals surface area contributed by atoms with Gasteiger partial charge in [0.2, 0.25) is 5.88 Å². The molecule has 2 heterocycles. The normalized spacial score (nSPS) is 14.4. The Morgan fingerprint density at radius 1 is 1.30 bits per heavy atom. The molecule has 2 aromatic rings. The van der Waals surface area contributed by atoms with Crippen LogP contribution in [0.1, 0.15) is 61.4 Å². The van der Waals surface area contributed by atoms with Crippen LogP contribution in [0.3, 0.4) is 0 Å². The number of carbonyl (C=O) groups is 2. The minimum Gasteiger partial charge on any atom is -0.494 e. The summed E-state index contributed by atoms with van der Waals surface area (Å²) in [5.74, 6) is -1.46.